The fourth-order valence-corrected chi connectivity index (χ4v) is 2.76. The summed E-state index contributed by atoms with van der Waals surface area (Å²) in [6.07, 6.45) is 1.78. The molecule has 0 bridgehead atoms. The fraction of sp³-hybridized carbons (Fsp3) is 0.167. The van der Waals surface area contributed by atoms with Crippen molar-refractivity contribution < 1.29 is 9.47 Å². The van der Waals surface area contributed by atoms with Crippen LogP contribution in [-0.2, 0) is 13.2 Å². The number of nitrogens with one attached hydrogen (secondary N) is 1. The minimum absolute atomic E-state index is 0.505. The van der Waals surface area contributed by atoms with Crippen LogP contribution in [0.15, 0.2) is 60.1 Å². The van der Waals surface area contributed by atoms with E-state index in [4.69, 9.17) is 9.47 Å². The van der Waals surface area contributed by atoms with Gasteiger partial charge in [-0.2, -0.15) is 0 Å². The summed E-state index contributed by atoms with van der Waals surface area (Å²) in [5.74, 6) is 1.50. The van der Waals surface area contributed by atoms with Crippen molar-refractivity contribution >= 4 is 16.5 Å². The number of methoxy groups -OCH3 is 1. The van der Waals surface area contributed by atoms with Crippen LogP contribution < -0.4 is 14.8 Å². The van der Waals surface area contributed by atoms with Crippen LogP contribution in [0.5, 0.6) is 11.5 Å². The number of ether oxygens (including phenoxy) is 2. The zero-order valence-corrected chi connectivity index (χ0v) is 13.7. The van der Waals surface area contributed by atoms with Gasteiger partial charge in [-0.05, 0) is 11.6 Å². The molecule has 0 aliphatic carbocycles. The van der Waals surface area contributed by atoms with Gasteiger partial charge in [0.05, 0.1) is 7.11 Å². The molecular weight excluding hydrogens is 308 g/mol. The van der Waals surface area contributed by atoms with E-state index in [1.54, 1.807) is 24.6 Å². The lowest BCUT2D eigenvalue weighted by atomic mass is 10.1. The summed E-state index contributed by atoms with van der Waals surface area (Å²) in [5.41, 5.74) is 2.16. The topological polar surface area (TPSA) is 43.4 Å². The van der Waals surface area contributed by atoms with Crippen molar-refractivity contribution in [2.45, 2.75) is 13.2 Å². The van der Waals surface area contributed by atoms with Crippen molar-refractivity contribution in [3.63, 3.8) is 0 Å². The number of nitrogens with zero attached hydrogens (tertiary/aromatic N) is 1. The van der Waals surface area contributed by atoms with Gasteiger partial charge in [0, 0.05) is 23.7 Å². The second-order valence-corrected chi connectivity index (χ2v) is 5.81. The SMILES string of the molecule is COc1cccc(CNc2nccs2)c1OCc1ccccc1. The highest BCUT2D eigenvalue weighted by atomic mass is 32.1. The van der Waals surface area contributed by atoms with Crippen LogP contribution in [0, 0.1) is 0 Å². The van der Waals surface area contributed by atoms with E-state index in [0.717, 1.165) is 27.8 Å². The second kappa shape index (κ2) is 7.65. The molecule has 3 aromatic rings. The van der Waals surface area contributed by atoms with E-state index in [0.29, 0.717) is 13.2 Å². The van der Waals surface area contributed by atoms with Crippen LogP contribution in [0.1, 0.15) is 11.1 Å². The molecule has 0 fully saturated rings. The summed E-state index contributed by atoms with van der Waals surface area (Å²) in [4.78, 5) is 4.23. The van der Waals surface area contributed by atoms with Crippen molar-refractivity contribution in [1.29, 1.82) is 0 Å². The minimum atomic E-state index is 0.505. The summed E-state index contributed by atoms with van der Waals surface area (Å²) in [6.45, 7) is 1.14. The van der Waals surface area contributed by atoms with Crippen molar-refractivity contribution in [3.05, 3.63) is 71.2 Å². The van der Waals surface area contributed by atoms with Gasteiger partial charge in [0.2, 0.25) is 0 Å². The highest BCUT2D eigenvalue weighted by Gasteiger charge is 2.11. The molecule has 0 atom stereocenters. The first kappa shape index (κ1) is 15.4. The van der Waals surface area contributed by atoms with Gasteiger partial charge < -0.3 is 14.8 Å². The molecule has 0 aliphatic rings. The molecule has 118 valence electrons. The molecule has 0 saturated heterocycles. The Hall–Kier alpha value is -2.53. The Kier molecular flexibility index (Phi) is 5.11. The van der Waals surface area contributed by atoms with Crippen LogP contribution >= 0.6 is 11.3 Å². The summed E-state index contributed by atoms with van der Waals surface area (Å²) in [5, 5.41) is 6.14. The maximum atomic E-state index is 6.03. The van der Waals surface area contributed by atoms with Crippen LogP contribution in [0.25, 0.3) is 0 Å². The van der Waals surface area contributed by atoms with Gasteiger partial charge in [-0.1, -0.05) is 42.5 Å². The molecular formula is C18H18N2O2S. The highest BCUT2D eigenvalue weighted by Crippen LogP contribution is 2.32. The lowest BCUT2D eigenvalue weighted by molar-refractivity contribution is 0.281. The fourth-order valence-electron chi connectivity index (χ4n) is 2.24. The van der Waals surface area contributed by atoms with E-state index in [1.807, 2.05) is 53.9 Å². The number of anilines is 1. The Morgan fingerprint density at radius 3 is 2.70 bits per heavy atom. The Morgan fingerprint density at radius 2 is 1.96 bits per heavy atom. The molecule has 0 aliphatic heterocycles. The van der Waals surface area contributed by atoms with Gasteiger partial charge in [0.25, 0.3) is 0 Å². The maximum absolute atomic E-state index is 6.03. The Labute approximate surface area is 139 Å². The number of aromatic nitrogens is 1. The van der Waals surface area contributed by atoms with Gasteiger partial charge in [-0.15, -0.1) is 11.3 Å². The zero-order valence-electron chi connectivity index (χ0n) is 12.9. The van der Waals surface area contributed by atoms with Crippen LogP contribution in [0.3, 0.4) is 0 Å². The monoisotopic (exact) mass is 326 g/mol. The highest BCUT2D eigenvalue weighted by molar-refractivity contribution is 7.13. The molecule has 1 heterocycles. The standard InChI is InChI=1S/C18H18N2O2S/c1-21-16-9-5-8-15(12-20-18-19-10-11-23-18)17(16)22-13-14-6-3-2-4-7-14/h2-11H,12-13H2,1H3,(H,19,20). The van der Waals surface area contributed by atoms with Gasteiger partial charge in [-0.3, -0.25) is 0 Å². The van der Waals surface area contributed by atoms with Crippen LogP contribution in [0.4, 0.5) is 5.13 Å². The largest absolute Gasteiger partial charge is 0.493 e. The zero-order chi connectivity index (χ0) is 15.9. The summed E-state index contributed by atoms with van der Waals surface area (Å²) < 4.78 is 11.5. The third-order valence-corrected chi connectivity index (χ3v) is 4.10. The molecule has 0 unspecified atom stereocenters. The summed E-state index contributed by atoms with van der Waals surface area (Å²) in [7, 11) is 1.66. The summed E-state index contributed by atoms with van der Waals surface area (Å²) >= 11 is 1.57. The summed E-state index contributed by atoms with van der Waals surface area (Å²) in [6, 6.07) is 16.0. The van der Waals surface area contributed by atoms with E-state index in [2.05, 4.69) is 10.3 Å². The Bertz CT molecular complexity index is 730. The first-order valence-corrected chi connectivity index (χ1v) is 8.21. The number of hydrogen-bond donors (Lipinski definition) is 1. The number of hydrogen-bond acceptors (Lipinski definition) is 5. The van der Waals surface area contributed by atoms with Crippen molar-refractivity contribution in [2.75, 3.05) is 12.4 Å². The van der Waals surface area contributed by atoms with Crippen molar-refractivity contribution in [3.8, 4) is 11.5 Å². The van der Waals surface area contributed by atoms with Crippen molar-refractivity contribution in [1.82, 2.24) is 4.98 Å². The molecule has 3 rings (SSSR count). The first-order valence-electron chi connectivity index (χ1n) is 7.33. The molecule has 23 heavy (non-hydrogen) atoms. The van der Waals surface area contributed by atoms with Gasteiger partial charge in [0.15, 0.2) is 16.6 Å². The lowest BCUT2D eigenvalue weighted by Gasteiger charge is -2.15. The molecule has 1 aromatic heterocycles. The molecule has 1 N–H and O–H groups in total. The van der Waals surface area contributed by atoms with Gasteiger partial charge >= 0.3 is 0 Å². The third-order valence-electron chi connectivity index (χ3n) is 3.37. The minimum Gasteiger partial charge on any atom is -0.493 e. The Balaban J connectivity index is 1.75. The molecule has 0 saturated carbocycles. The number of thiazole rings is 1. The predicted octanol–water partition coefficient (Wildman–Crippen LogP) is 4.34. The normalized spacial score (nSPS) is 10.3. The van der Waals surface area contributed by atoms with E-state index in [9.17, 15) is 0 Å². The van der Waals surface area contributed by atoms with Crippen LogP contribution in [0.2, 0.25) is 0 Å². The molecule has 0 amide bonds. The van der Waals surface area contributed by atoms with E-state index in [1.165, 1.54) is 0 Å². The quantitative estimate of drug-likeness (QED) is 0.701. The van der Waals surface area contributed by atoms with Crippen LogP contribution in [-0.4, -0.2) is 12.1 Å². The van der Waals surface area contributed by atoms with Gasteiger partial charge in [-0.25, -0.2) is 4.98 Å². The molecule has 5 heteroatoms. The average molecular weight is 326 g/mol. The molecule has 0 radical (unpaired) electrons. The number of rotatable bonds is 7. The molecule has 0 spiro atoms. The average Bonchev–Trinajstić information content (AvgIpc) is 3.12. The number of benzene rings is 2. The molecule has 2 aromatic carbocycles. The third kappa shape index (κ3) is 4.02. The smallest absolute Gasteiger partial charge is 0.182 e. The van der Waals surface area contributed by atoms with E-state index >= 15 is 0 Å². The predicted molar refractivity (Wildman–Crippen MR) is 93.2 cm³/mol. The van der Waals surface area contributed by atoms with E-state index in [-0.39, 0.29) is 0 Å². The van der Waals surface area contributed by atoms with E-state index < -0.39 is 0 Å². The lowest BCUT2D eigenvalue weighted by Crippen LogP contribution is -2.05. The Morgan fingerprint density at radius 1 is 1.09 bits per heavy atom. The number of para-hydroxylation sites is 1. The first-order chi connectivity index (χ1) is 11.4. The van der Waals surface area contributed by atoms with Gasteiger partial charge in [0.1, 0.15) is 6.61 Å². The second-order valence-electron chi connectivity index (χ2n) is 4.91. The maximum Gasteiger partial charge on any atom is 0.182 e. The molecule has 4 nitrogen and oxygen atoms in total. The van der Waals surface area contributed by atoms with Crippen molar-refractivity contribution in [2.24, 2.45) is 0 Å².